The molecule has 4 N–H and O–H groups in total. The van der Waals surface area contributed by atoms with Gasteiger partial charge < -0.3 is 25.2 Å². The third-order valence-corrected chi connectivity index (χ3v) is 2.27. The van der Waals surface area contributed by atoms with E-state index in [2.05, 4.69) is 4.74 Å². The molecule has 84 valence electrons. The van der Waals surface area contributed by atoms with Gasteiger partial charge in [-0.2, -0.15) is 0 Å². The molecule has 1 heterocycles. The molecule has 0 radical (unpaired) electrons. The number of hydrogen-bond donors (Lipinski definition) is 4. The Labute approximate surface area is 88.1 Å². The van der Waals surface area contributed by atoms with Gasteiger partial charge in [0.2, 0.25) is 5.75 Å². The smallest absolute Gasteiger partial charge is 0.350 e. The summed E-state index contributed by atoms with van der Waals surface area (Å²) in [5.41, 5.74) is -1.34. The van der Waals surface area contributed by atoms with Gasteiger partial charge in [-0.05, 0) is 0 Å². The fraction of sp³-hybridized carbons (Fsp3) is 0.111. The van der Waals surface area contributed by atoms with Crippen LogP contribution in [-0.2, 0) is 11.3 Å². The van der Waals surface area contributed by atoms with E-state index in [1.54, 1.807) is 0 Å². The number of ether oxygens (including phenoxy) is 1. The van der Waals surface area contributed by atoms with Crippen molar-refractivity contribution < 1.29 is 34.8 Å². The van der Waals surface area contributed by atoms with E-state index in [1.165, 1.54) is 0 Å². The number of benzene rings is 1. The molecule has 0 spiro atoms. The predicted octanol–water partition coefficient (Wildman–Crippen LogP) is -0.394. The number of fused-ring (bicyclic) bond motifs is 1. The number of esters is 2. The second-order valence-electron chi connectivity index (χ2n) is 3.11. The van der Waals surface area contributed by atoms with Crippen LogP contribution in [0.4, 0.5) is 0 Å². The van der Waals surface area contributed by atoms with E-state index >= 15 is 0 Å². The van der Waals surface area contributed by atoms with Crippen LogP contribution >= 0.6 is 0 Å². The van der Waals surface area contributed by atoms with E-state index in [1.807, 2.05) is 0 Å². The molecule has 0 aromatic heterocycles. The zero-order chi connectivity index (χ0) is 12.0. The third kappa shape index (κ3) is 1.06. The molecule has 0 aliphatic carbocycles. The van der Waals surface area contributed by atoms with Crippen molar-refractivity contribution in [2.24, 2.45) is 0 Å². The normalized spacial score (nSPS) is 13.8. The summed E-state index contributed by atoms with van der Waals surface area (Å²) in [6.07, 6.45) is 0. The van der Waals surface area contributed by atoms with Gasteiger partial charge in [0.1, 0.15) is 5.56 Å². The SMILES string of the molecule is O=C1OC(=O)c2c(CO)c(O)c(O)c(O)c21. The number of carbonyl (C=O) groups excluding carboxylic acids is 2. The first-order valence-corrected chi connectivity index (χ1v) is 4.16. The highest BCUT2D eigenvalue weighted by molar-refractivity contribution is 6.17. The summed E-state index contributed by atoms with van der Waals surface area (Å²) < 4.78 is 4.19. The van der Waals surface area contributed by atoms with Crippen LogP contribution in [0.5, 0.6) is 17.2 Å². The molecule has 1 aromatic rings. The van der Waals surface area contributed by atoms with Gasteiger partial charge >= 0.3 is 11.9 Å². The van der Waals surface area contributed by atoms with Crippen LogP contribution < -0.4 is 0 Å². The van der Waals surface area contributed by atoms with Crippen LogP contribution in [0.15, 0.2) is 0 Å². The number of phenolic OH excluding ortho intramolecular Hbond substituents is 2. The zero-order valence-corrected chi connectivity index (χ0v) is 7.72. The summed E-state index contributed by atoms with van der Waals surface area (Å²) in [6, 6.07) is 0. The van der Waals surface area contributed by atoms with Gasteiger partial charge in [-0.25, -0.2) is 9.59 Å². The Morgan fingerprint density at radius 2 is 1.44 bits per heavy atom. The van der Waals surface area contributed by atoms with Gasteiger partial charge in [-0.15, -0.1) is 0 Å². The Morgan fingerprint density at radius 3 is 2.00 bits per heavy atom. The first-order chi connectivity index (χ1) is 7.49. The van der Waals surface area contributed by atoms with Crippen LogP contribution in [0, 0.1) is 0 Å². The van der Waals surface area contributed by atoms with Crippen LogP contribution in [0.1, 0.15) is 26.3 Å². The zero-order valence-electron chi connectivity index (χ0n) is 7.72. The largest absolute Gasteiger partial charge is 0.504 e. The van der Waals surface area contributed by atoms with Gasteiger partial charge in [-0.1, -0.05) is 0 Å². The minimum atomic E-state index is -1.14. The highest BCUT2D eigenvalue weighted by atomic mass is 16.6. The van der Waals surface area contributed by atoms with Crippen molar-refractivity contribution in [1.82, 2.24) is 0 Å². The standard InChI is InChI=1S/C9H6O7/c10-1-2-3-4(9(15)16-8(3)14)6(12)7(13)5(2)11/h10-13H,1H2. The molecule has 0 saturated carbocycles. The second kappa shape index (κ2) is 3.11. The molecule has 1 aliphatic rings. The molecule has 0 bridgehead atoms. The first-order valence-electron chi connectivity index (χ1n) is 4.16. The lowest BCUT2D eigenvalue weighted by Gasteiger charge is -2.08. The summed E-state index contributed by atoms with van der Waals surface area (Å²) >= 11 is 0. The number of aliphatic hydroxyl groups excluding tert-OH is 1. The number of cyclic esters (lactones) is 2. The minimum absolute atomic E-state index is 0.360. The van der Waals surface area contributed by atoms with Crippen molar-refractivity contribution in [2.45, 2.75) is 6.61 Å². The Balaban J connectivity index is 2.91. The highest BCUT2D eigenvalue weighted by Crippen LogP contribution is 2.45. The minimum Gasteiger partial charge on any atom is -0.504 e. The number of carbonyl (C=O) groups is 2. The Morgan fingerprint density at radius 1 is 0.875 bits per heavy atom. The maximum atomic E-state index is 11.2. The van der Waals surface area contributed by atoms with E-state index in [0.29, 0.717) is 0 Å². The number of hydrogen-bond acceptors (Lipinski definition) is 7. The monoisotopic (exact) mass is 226 g/mol. The van der Waals surface area contributed by atoms with E-state index in [-0.39, 0.29) is 5.56 Å². The van der Waals surface area contributed by atoms with Gasteiger partial charge in [-0.3, -0.25) is 0 Å². The first kappa shape index (κ1) is 10.2. The summed E-state index contributed by atoms with van der Waals surface area (Å²) in [5, 5.41) is 36.9. The van der Waals surface area contributed by atoms with Gasteiger partial charge in [0.25, 0.3) is 0 Å². The lowest BCUT2D eigenvalue weighted by Crippen LogP contribution is -2.01. The number of aliphatic hydroxyl groups is 1. The van der Waals surface area contributed by atoms with Crippen molar-refractivity contribution in [3.05, 3.63) is 16.7 Å². The molecule has 1 aromatic carbocycles. The quantitative estimate of drug-likeness (QED) is 0.292. The van der Waals surface area contributed by atoms with Gasteiger partial charge in [0.05, 0.1) is 12.2 Å². The summed E-state index contributed by atoms with van der Waals surface area (Å²) in [4.78, 5) is 22.4. The number of phenols is 3. The van der Waals surface area contributed by atoms with Crippen molar-refractivity contribution >= 4 is 11.9 Å². The van der Waals surface area contributed by atoms with Crippen LogP contribution in [0.2, 0.25) is 0 Å². The highest BCUT2D eigenvalue weighted by Gasteiger charge is 2.39. The summed E-state index contributed by atoms with van der Waals surface area (Å²) in [7, 11) is 0. The van der Waals surface area contributed by atoms with Crippen molar-refractivity contribution in [2.75, 3.05) is 0 Å². The van der Waals surface area contributed by atoms with Crippen molar-refractivity contribution in [1.29, 1.82) is 0 Å². The van der Waals surface area contributed by atoms with Crippen molar-refractivity contribution in [3.63, 3.8) is 0 Å². The molecule has 0 unspecified atom stereocenters. The molecule has 16 heavy (non-hydrogen) atoms. The molecule has 7 nitrogen and oxygen atoms in total. The van der Waals surface area contributed by atoms with Gasteiger partial charge in [0.15, 0.2) is 11.5 Å². The molecule has 0 amide bonds. The fourth-order valence-electron chi connectivity index (χ4n) is 1.53. The molecule has 0 fully saturated rings. The average molecular weight is 226 g/mol. The Bertz CT molecular complexity index is 517. The van der Waals surface area contributed by atoms with Crippen LogP contribution in [-0.4, -0.2) is 32.4 Å². The second-order valence-corrected chi connectivity index (χ2v) is 3.11. The van der Waals surface area contributed by atoms with E-state index < -0.39 is 46.9 Å². The molecule has 0 atom stereocenters. The topological polar surface area (TPSA) is 124 Å². The lowest BCUT2D eigenvalue weighted by atomic mass is 10.00. The van der Waals surface area contributed by atoms with E-state index in [4.69, 9.17) is 5.11 Å². The molecular formula is C9H6O7. The van der Waals surface area contributed by atoms with E-state index in [0.717, 1.165) is 0 Å². The number of aromatic hydroxyl groups is 3. The molecule has 7 heteroatoms. The summed E-state index contributed by atoms with van der Waals surface area (Å²) in [5.74, 6) is -5.00. The van der Waals surface area contributed by atoms with Crippen LogP contribution in [0.25, 0.3) is 0 Å². The molecule has 0 saturated heterocycles. The predicted molar refractivity (Wildman–Crippen MR) is 47.1 cm³/mol. The van der Waals surface area contributed by atoms with Crippen LogP contribution in [0.3, 0.4) is 0 Å². The fourth-order valence-corrected chi connectivity index (χ4v) is 1.53. The maximum Gasteiger partial charge on any atom is 0.350 e. The number of rotatable bonds is 1. The Kier molecular flexibility index (Phi) is 1.99. The summed E-state index contributed by atoms with van der Waals surface area (Å²) in [6.45, 7) is -0.787. The Hall–Kier alpha value is -2.28. The third-order valence-electron chi connectivity index (χ3n) is 2.27. The average Bonchev–Trinajstić information content (AvgIpc) is 2.52. The van der Waals surface area contributed by atoms with Gasteiger partial charge in [0, 0.05) is 5.56 Å². The van der Waals surface area contributed by atoms with Crippen molar-refractivity contribution in [3.8, 4) is 17.2 Å². The van der Waals surface area contributed by atoms with E-state index in [9.17, 15) is 24.9 Å². The molecular weight excluding hydrogens is 220 g/mol. The lowest BCUT2D eigenvalue weighted by molar-refractivity contribution is 0.0441. The molecule has 2 rings (SSSR count). The maximum absolute atomic E-state index is 11.2. The molecule has 1 aliphatic heterocycles.